The van der Waals surface area contributed by atoms with E-state index in [0.717, 1.165) is 5.11 Å². The Labute approximate surface area is 144 Å². The van der Waals surface area contributed by atoms with Crippen LogP contribution in [0.25, 0.3) is 0 Å². The molecule has 2 aromatic rings. The van der Waals surface area contributed by atoms with Crippen LogP contribution in [0.5, 0.6) is 0 Å². The first-order valence-corrected chi connectivity index (χ1v) is 8.90. The lowest BCUT2D eigenvalue weighted by Gasteiger charge is -2.27. The highest BCUT2D eigenvalue weighted by Crippen LogP contribution is 2.22. The third-order valence-corrected chi connectivity index (χ3v) is 4.72. The van der Waals surface area contributed by atoms with E-state index in [2.05, 4.69) is 59.2 Å². The van der Waals surface area contributed by atoms with Gasteiger partial charge < -0.3 is 10.6 Å². The van der Waals surface area contributed by atoms with Crippen LogP contribution in [0.3, 0.4) is 0 Å². The molecule has 0 amide bonds. The Bertz CT molecular complexity index is 567. The Morgan fingerprint density at radius 2 is 1.35 bits per heavy atom. The van der Waals surface area contributed by atoms with Crippen molar-refractivity contribution in [1.82, 2.24) is 10.6 Å². The van der Waals surface area contributed by atoms with Crippen molar-refractivity contribution in [2.45, 2.75) is 44.2 Å². The molecule has 120 valence electrons. The normalized spacial score (nSPS) is 15.3. The van der Waals surface area contributed by atoms with Crippen LogP contribution in [0.2, 0.25) is 0 Å². The van der Waals surface area contributed by atoms with Gasteiger partial charge in [-0.15, -0.1) is 0 Å². The van der Waals surface area contributed by atoms with E-state index < -0.39 is 0 Å². The molecule has 2 aromatic carbocycles. The average Bonchev–Trinajstić information content (AvgIpc) is 2.62. The van der Waals surface area contributed by atoms with Gasteiger partial charge in [0.05, 0.1) is 6.04 Å². The summed E-state index contributed by atoms with van der Waals surface area (Å²) in [4.78, 5) is 0. The highest BCUT2D eigenvalue weighted by atomic mass is 32.1. The molecule has 0 saturated heterocycles. The lowest BCUT2D eigenvalue weighted by Crippen LogP contribution is -2.44. The van der Waals surface area contributed by atoms with E-state index in [1.165, 1.54) is 43.2 Å². The van der Waals surface area contributed by atoms with Crippen molar-refractivity contribution in [3.63, 3.8) is 0 Å². The maximum Gasteiger partial charge on any atom is 0.167 e. The fourth-order valence-corrected chi connectivity index (χ4v) is 3.54. The van der Waals surface area contributed by atoms with Gasteiger partial charge in [0.2, 0.25) is 0 Å². The summed E-state index contributed by atoms with van der Waals surface area (Å²) in [6.07, 6.45) is 6.42. The van der Waals surface area contributed by atoms with Crippen LogP contribution in [0, 0.1) is 0 Å². The maximum absolute atomic E-state index is 5.59. The summed E-state index contributed by atoms with van der Waals surface area (Å²) in [5.74, 6) is 0. The zero-order valence-electron chi connectivity index (χ0n) is 13.4. The van der Waals surface area contributed by atoms with Crippen LogP contribution in [-0.4, -0.2) is 11.2 Å². The molecule has 0 aromatic heterocycles. The van der Waals surface area contributed by atoms with Gasteiger partial charge in [-0.25, -0.2) is 0 Å². The third-order valence-electron chi connectivity index (χ3n) is 4.48. The molecular weight excluding hydrogens is 300 g/mol. The minimum absolute atomic E-state index is 0.0843. The topological polar surface area (TPSA) is 24.1 Å². The highest BCUT2D eigenvalue weighted by molar-refractivity contribution is 7.80. The van der Waals surface area contributed by atoms with Gasteiger partial charge in [0.15, 0.2) is 5.11 Å². The molecule has 0 radical (unpaired) electrons. The first kappa shape index (κ1) is 16.0. The van der Waals surface area contributed by atoms with E-state index >= 15 is 0 Å². The van der Waals surface area contributed by atoms with E-state index in [1.54, 1.807) is 0 Å². The first-order chi connectivity index (χ1) is 11.3. The summed E-state index contributed by atoms with van der Waals surface area (Å²) in [5, 5.41) is 7.79. The number of thiocarbonyl (C=S) groups is 1. The van der Waals surface area contributed by atoms with E-state index in [0.29, 0.717) is 6.04 Å². The standard InChI is InChI=1S/C20H24N2S/c23-20(21-18-14-8-3-9-15-18)22-19(16-10-4-1-5-11-16)17-12-6-2-7-13-17/h1-2,4-7,10-13,18-19H,3,8-9,14-15H2,(H2,21,22,23). The van der Waals surface area contributed by atoms with Gasteiger partial charge in [0, 0.05) is 6.04 Å². The second-order valence-corrected chi connectivity index (χ2v) is 6.62. The molecule has 1 aliphatic rings. The van der Waals surface area contributed by atoms with Crippen LogP contribution in [0.15, 0.2) is 60.7 Å². The molecule has 0 heterocycles. The number of rotatable bonds is 4. The molecule has 0 atom stereocenters. The molecule has 0 unspecified atom stereocenters. The summed E-state index contributed by atoms with van der Waals surface area (Å²) < 4.78 is 0. The molecular formula is C20H24N2S. The first-order valence-electron chi connectivity index (χ1n) is 8.50. The van der Waals surface area contributed by atoms with Crippen molar-refractivity contribution in [2.24, 2.45) is 0 Å². The minimum atomic E-state index is 0.0843. The molecule has 0 aliphatic heterocycles. The summed E-state index contributed by atoms with van der Waals surface area (Å²) >= 11 is 5.59. The van der Waals surface area contributed by atoms with Crippen LogP contribution in [0.1, 0.15) is 49.3 Å². The van der Waals surface area contributed by atoms with Crippen LogP contribution in [0.4, 0.5) is 0 Å². The predicted octanol–water partition coefficient (Wildman–Crippen LogP) is 4.57. The second-order valence-electron chi connectivity index (χ2n) is 6.21. The van der Waals surface area contributed by atoms with Crippen molar-refractivity contribution < 1.29 is 0 Å². The molecule has 0 spiro atoms. The van der Waals surface area contributed by atoms with E-state index in [9.17, 15) is 0 Å². The van der Waals surface area contributed by atoms with Gasteiger partial charge in [-0.1, -0.05) is 79.9 Å². The number of benzene rings is 2. The van der Waals surface area contributed by atoms with Crippen molar-refractivity contribution in [3.05, 3.63) is 71.8 Å². The lowest BCUT2D eigenvalue weighted by atomic mass is 9.95. The van der Waals surface area contributed by atoms with Gasteiger partial charge in [-0.05, 0) is 36.2 Å². The number of hydrogen-bond acceptors (Lipinski definition) is 1. The fraction of sp³-hybridized carbons (Fsp3) is 0.350. The highest BCUT2D eigenvalue weighted by Gasteiger charge is 2.18. The summed E-state index contributed by atoms with van der Waals surface area (Å²) in [6.45, 7) is 0. The zero-order chi connectivity index (χ0) is 15.9. The Morgan fingerprint density at radius 3 is 1.87 bits per heavy atom. The van der Waals surface area contributed by atoms with Crippen LogP contribution in [-0.2, 0) is 0 Å². The Morgan fingerprint density at radius 1 is 0.826 bits per heavy atom. The van der Waals surface area contributed by atoms with Gasteiger partial charge >= 0.3 is 0 Å². The fourth-order valence-electron chi connectivity index (χ4n) is 3.26. The largest absolute Gasteiger partial charge is 0.360 e. The summed E-state index contributed by atoms with van der Waals surface area (Å²) in [5.41, 5.74) is 2.46. The van der Waals surface area contributed by atoms with Gasteiger partial charge in [-0.2, -0.15) is 0 Å². The van der Waals surface area contributed by atoms with E-state index in [4.69, 9.17) is 12.2 Å². The Kier molecular flexibility index (Phi) is 5.65. The Hall–Kier alpha value is -1.87. The molecule has 0 bridgehead atoms. The quantitative estimate of drug-likeness (QED) is 0.806. The van der Waals surface area contributed by atoms with Crippen molar-refractivity contribution in [1.29, 1.82) is 0 Å². The maximum atomic E-state index is 5.59. The predicted molar refractivity (Wildman–Crippen MR) is 100 cm³/mol. The third kappa shape index (κ3) is 4.55. The van der Waals surface area contributed by atoms with Gasteiger partial charge in [-0.3, -0.25) is 0 Å². The van der Waals surface area contributed by atoms with Crippen LogP contribution >= 0.6 is 12.2 Å². The molecule has 23 heavy (non-hydrogen) atoms. The molecule has 2 N–H and O–H groups in total. The average molecular weight is 324 g/mol. The van der Waals surface area contributed by atoms with Gasteiger partial charge in [0.25, 0.3) is 0 Å². The summed E-state index contributed by atoms with van der Waals surface area (Å²) in [7, 11) is 0. The molecule has 1 saturated carbocycles. The molecule has 1 aliphatic carbocycles. The monoisotopic (exact) mass is 324 g/mol. The summed E-state index contributed by atoms with van der Waals surface area (Å²) in [6, 6.07) is 21.6. The zero-order valence-corrected chi connectivity index (χ0v) is 14.2. The SMILES string of the molecule is S=C(NC1CCCCC1)NC(c1ccccc1)c1ccccc1. The van der Waals surface area contributed by atoms with Crippen molar-refractivity contribution >= 4 is 17.3 Å². The van der Waals surface area contributed by atoms with Crippen molar-refractivity contribution in [3.8, 4) is 0 Å². The Balaban J connectivity index is 1.72. The van der Waals surface area contributed by atoms with Crippen LogP contribution < -0.4 is 10.6 Å². The van der Waals surface area contributed by atoms with Gasteiger partial charge in [0.1, 0.15) is 0 Å². The molecule has 3 rings (SSSR count). The van der Waals surface area contributed by atoms with E-state index in [1.807, 2.05) is 12.1 Å². The minimum Gasteiger partial charge on any atom is -0.360 e. The van der Waals surface area contributed by atoms with E-state index in [-0.39, 0.29) is 6.04 Å². The second kappa shape index (κ2) is 8.11. The van der Waals surface area contributed by atoms with Crippen molar-refractivity contribution in [2.75, 3.05) is 0 Å². The molecule has 3 heteroatoms. The number of nitrogens with one attached hydrogen (secondary N) is 2. The molecule has 1 fully saturated rings. The lowest BCUT2D eigenvalue weighted by molar-refractivity contribution is 0.411. The number of hydrogen-bond donors (Lipinski definition) is 2. The molecule has 2 nitrogen and oxygen atoms in total. The smallest absolute Gasteiger partial charge is 0.167 e.